The molecule has 4 aliphatic rings. The van der Waals surface area contributed by atoms with Gasteiger partial charge >= 0.3 is 5.97 Å². The Kier molecular flexibility index (Phi) is 2.13. The topological polar surface area (TPSA) is 60.4 Å². The maximum absolute atomic E-state index is 12.4. The second-order valence-corrected chi connectivity index (χ2v) is 6.30. The van der Waals surface area contributed by atoms with Crippen LogP contribution in [0.3, 0.4) is 0 Å². The number of ketones is 2. The second-order valence-electron chi connectivity index (χ2n) is 6.30. The van der Waals surface area contributed by atoms with Gasteiger partial charge in [0.25, 0.3) is 0 Å². The van der Waals surface area contributed by atoms with E-state index in [9.17, 15) is 14.4 Å². The van der Waals surface area contributed by atoms with Crippen LogP contribution in [0.5, 0.6) is 0 Å². The number of allylic oxidation sites excluding steroid dienone is 2. The standard InChI is InChI=1S/C15H16O4/c1-19-10(16)5-6-4-9-12-7-2-3-8(14(7)17)13(12)11(6)15(9)18/h2-3,6-9,11-13H,4-5H2,1H3. The summed E-state index contributed by atoms with van der Waals surface area (Å²) in [6, 6.07) is 0. The van der Waals surface area contributed by atoms with E-state index in [1.807, 2.05) is 12.2 Å². The van der Waals surface area contributed by atoms with E-state index < -0.39 is 0 Å². The summed E-state index contributed by atoms with van der Waals surface area (Å²) in [7, 11) is 1.38. The maximum Gasteiger partial charge on any atom is 0.305 e. The lowest BCUT2D eigenvalue weighted by Gasteiger charge is -2.33. The van der Waals surface area contributed by atoms with Gasteiger partial charge in [0.05, 0.1) is 7.11 Å². The van der Waals surface area contributed by atoms with Crippen molar-refractivity contribution in [2.24, 2.45) is 41.4 Å². The summed E-state index contributed by atoms with van der Waals surface area (Å²) in [6.07, 6.45) is 5.07. The lowest BCUT2D eigenvalue weighted by molar-refractivity contribution is -0.142. The summed E-state index contributed by atoms with van der Waals surface area (Å²) in [4.78, 5) is 36.0. The largest absolute Gasteiger partial charge is 0.469 e. The predicted octanol–water partition coefficient (Wildman–Crippen LogP) is 1.00. The van der Waals surface area contributed by atoms with Gasteiger partial charge in [-0.25, -0.2) is 0 Å². The minimum absolute atomic E-state index is 0.00792. The highest BCUT2D eigenvalue weighted by Gasteiger charge is 2.68. The van der Waals surface area contributed by atoms with E-state index in [-0.39, 0.29) is 47.4 Å². The number of hydrogen-bond acceptors (Lipinski definition) is 4. The first-order chi connectivity index (χ1) is 9.13. The number of hydrogen-bond donors (Lipinski definition) is 0. The van der Waals surface area contributed by atoms with Gasteiger partial charge in [-0.15, -0.1) is 0 Å². The van der Waals surface area contributed by atoms with Gasteiger partial charge in [-0.05, 0) is 24.2 Å². The van der Waals surface area contributed by atoms with E-state index in [2.05, 4.69) is 0 Å². The van der Waals surface area contributed by atoms with Crippen LogP contribution in [-0.2, 0) is 19.1 Å². The summed E-state index contributed by atoms with van der Waals surface area (Å²) in [6.45, 7) is 0. The molecule has 100 valence electrons. The highest BCUT2D eigenvalue weighted by molar-refractivity contribution is 5.99. The molecule has 0 saturated heterocycles. The first-order valence-electron chi connectivity index (χ1n) is 6.96. The van der Waals surface area contributed by atoms with Crippen molar-refractivity contribution in [3.63, 3.8) is 0 Å². The summed E-state index contributed by atoms with van der Waals surface area (Å²) >= 11 is 0. The first kappa shape index (κ1) is 11.4. The Morgan fingerprint density at radius 3 is 2.58 bits per heavy atom. The van der Waals surface area contributed by atoms with Crippen LogP contribution in [0.2, 0.25) is 0 Å². The van der Waals surface area contributed by atoms with Crippen LogP contribution in [0, 0.1) is 41.4 Å². The van der Waals surface area contributed by atoms with Gasteiger partial charge in [0.2, 0.25) is 0 Å². The van der Waals surface area contributed by atoms with E-state index >= 15 is 0 Å². The van der Waals surface area contributed by atoms with E-state index in [1.165, 1.54) is 7.11 Å². The highest BCUT2D eigenvalue weighted by atomic mass is 16.5. The van der Waals surface area contributed by atoms with Crippen molar-refractivity contribution < 1.29 is 19.1 Å². The van der Waals surface area contributed by atoms with Gasteiger partial charge in [0.15, 0.2) is 0 Å². The number of Topliss-reactive ketones (excluding diaryl/α,β-unsaturated/α-hetero) is 2. The number of methoxy groups -OCH3 is 1. The quantitative estimate of drug-likeness (QED) is 0.422. The Morgan fingerprint density at radius 2 is 1.89 bits per heavy atom. The van der Waals surface area contributed by atoms with E-state index in [0.29, 0.717) is 18.0 Å². The summed E-state index contributed by atoms with van der Waals surface area (Å²) in [5, 5.41) is 0. The fraction of sp³-hybridized carbons (Fsp3) is 0.667. The van der Waals surface area contributed by atoms with Crippen molar-refractivity contribution in [3.8, 4) is 0 Å². The highest BCUT2D eigenvalue weighted by Crippen LogP contribution is 2.64. The molecule has 4 nitrogen and oxygen atoms in total. The molecule has 7 atom stereocenters. The molecule has 4 rings (SSSR count). The molecule has 4 bridgehead atoms. The van der Waals surface area contributed by atoms with Gasteiger partial charge in [-0.1, -0.05) is 12.2 Å². The summed E-state index contributed by atoms with van der Waals surface area (Å²) < 4.78 is 4.72. The molecule has 19 heavy (non-hydrogen) atoms. The molecule has 0 N–H and O–H groups in total. The Hall–Kier alpha value is -1.45. The minimum Gasteiger partial charge on any atom is -0.469 e. The fourth-order valence-electron chi connectivity index (χ4n) is 5.17. The average Bonchev–Trinajstić information content (AvgIpc) is 3.07. The lowest BCUT2D eigenvalue weighted by Crippen LogP contribution is -2.32. The third kappa shape index (κ3) is 1.22. The molecule has 3 fully saturated rings. The van der Waals surface area contributed by atoms with Crippen LogP contribution < -0.4 is 0 Å². The van der Waals surface area contributed by atoms with Crippen LogP contribution in [0.1, 0.15) is 12.8 Å². The van der Waals surface area contributed by atoms with E-state index in [4.69, 9.17) is 4.74 Å². The van der Waals surface area contributed by atoms with Crippen LogP contribution in [0.4, 0.5) is 0 Å². The van der Waals surface area contributed by atoms with Crippen LogP contribution >= 0.6 is 0 Å². The van der Waals surface area contributed by atoms with E-state index in [1.54, 1.807) is 0 Å². The molecule has 0 spiro atoms. The number of rotatable bonds is 2. The molecule has 0 aromatic carbocycles. The van der Waals surface area contributed by atoms with Crippen molar-refractivity contribution in [2.45, 2.75) is 12.8 Å². The minimum atomic E-state index is -0.244. The molecule has 4 heteroatoms. The molecule has 0 heterocycles. The third-order valence-electron chi connectivity index (χ3n) is 5.75. The number of carbonyl (C=O) groups excluding carboxylic acids is 3. The van der Waals surface area contributed by atoms with Gasteiger partial charge < -0.3 is 4.74 Å². The molecule has 0 aromatic heterocycles. The zero-order chi connectivity index (χ0) is 13.3. The molecule has 7 unspecified atom stereocenters. The molecule has 4 aliphatic carbocycles. The van der Waals surface area contributed by atoms with Crippen LogP contribution in [0.15, 0.2) is 12.2 Å². The van der Waals surface area contributed by atoms with Crippen LogP contribution in [0.25, 0.3) is 0 Å². The van der Waals surface area contributed by atoms with Gasteiger partial charge in [0.1, 0.15) is 11.6 Å². The Morgan fingerprint density at radius 1 is 1.21 bits per heavy atom. The molecular formula is C15H16O4. The number of esters is 1. The Balaban J connectivity index is 1.65. The van der Waals surface area contributed by atoms with Gasteiger partial charge in [-0.3, -0.25) is 14.4 Å². The molecule has 3 saturated carbocycles. The van der Waals surface area contributed by atoms with Crippen molar-refractivity contribution in [1.82, 2.24) is 0 Å². The average molecular weight is 260 g/mol. The normalized spacial score (nSPS) is 49.0. The Bertz CT molecular complexity index is 520. The number of ether oxygens (including phenoxy) is 1. The smallest absolute Gasteiger partial charge is 0.305 e. The molecule has 0 aromatic rings. The second kappa shape index (κ2) is 3.56. The van der Waals surface area contributed by atoms with Gasteiger partial charge in [-0.2, -0.15) is 0 Å². The molecular weight excluding hydrogens is 244 g/mol. The SMILES string of the molecule is COC(=O)CC1CC2C(=O)C1C1C3C=CC(C3=O)C21. The monoisotopic (exact) mass is 260 g/mol. The van der Waals surface area contributed by atoms with Crippen molar-refractivity contribution in [1.29, 1.82) is 0 Å². The summed E-state index contributed by atoms with van der Waals surface area (Å²) in [5.41, 5.74) is 0. The third-order valence-corrected chi connectivity index (χ3v) is 5.75. The first-order valence-corrected chi connectivity index (χ1v) is 6.96. The number of carbonyl (C=O) groups is 3. The van der Waals surface area contributed by atoms with Crippen molar-refractivity contribution in [3.05, 3.63) is 12.2 Å². The Labute approximate surface area is 111 Å². The zero-order valence-electron chi connectivity index (χ0n) is 10.7. The lowest BCUT2D eigenvalue weighted by atomic mass is 9.69. The fourth-order valence-corrected chi connectivity index (χ4v) is 5.17. The molecule has 0 radical (unpaired) electrons. The van der Waals surface area contributed by atoms with Crippen molar-refractivity contribution >= 4 is 17.5 Å². The predicted molar refractivity (Wildman–Crippen MR) is 64.8 cm³/mol. The summed E-state index contributed by atoms with van der Waals surface area (Å²) in [5.74, 6) is 0.691. The van der Waals surface area contributed by atoms with Crippen molar-refractivity contribution in [2.75, 3.05) is 7.11 Å². The van der Waals surface area contributed by atoms with Gasteiger partial charge in [0, 0.05) is 30.1 Å². The molecule has 0 aliphatic heterocycles. The maximum atomic E-state index is 12.4. The van der Waals surface area contributed by atoms with Crippen LogP contribution in [-0.4, -0.2) is 24.6 Å². The number of fused-ring (bicyclic) bond motifs is 9. The van der Waals surface area contributed by atoms with E-state index in [0.717, 1.165) is 6.42 Å². The zero-order valence-corrected chi connectivity index (χ0v) is 10.7. The molecule has 0 amide bonds.